The van der Waals surface area contributed by atoms with E-state index in [1.165, 1.54) is 17.7 Å². The van der Waals surface area contributed by atoms with Gasteiger partial charge in [0, 0.05) is 18.0 Å². The van der Waals surface area contributed by atoms with Crippen LogP contribution in [0.5, 0.6) is 0 Å². The van der Waals surface area contributed by atoms with Gasteiger partial charge in [-0.2, -0.15) is 10.2 Å². The molecule has 28 heavy (non-hydrogen) atoms. The van der Waals surface area contributed by atoms with Crippen LogP contribution in [0, 0.1) is 12.7 Å². The fraction of sp³-hybridized carbons (Fsp3) is 0.190. The Morgan fingerprint density at radius 3 is 2.75 bits per heavy atom. The maximum Gasteiger partial charge on any atom is 0.226 e. The molecule has 0 unspecified atom stereocenters. The number of halogens is 1. The van der Waals surface area contributed by atoms with Crippen LogP contribution < -0.4 is 5.32 Å². The van der Waals surface area contributed by atoms with Gasteiger partial charge in [0.15, 0.2) is 0 Å². The van der Waals surface area contributed by atoms with Gasteiger partial charge in [0.1, 0.15) is 5.82 Å². The molecule has 0 saturated carbocycles. The summed E-state index contributed by atoms with van der Waals surface area (Å²) < 4.78 is 16.5. The van der Waals surface area contributed by atoms with E-state index in [2.05, 4.69) is 21.6 Å². The molecular weight excluding hydrogens is 357 g/mol. The van der Waals surface area contributed by atoms with Gasteiger partial charge in [-0.1, -0.05) is 23.8 Å². The predicted molar refractivity (Wildman–Crippen MR) is 105 cm³/mol. The van der Waals surface area contributed by atoms with Crippen molar-refractivity contribution in [3.63, 3.8) is 0 Å². The monoisotopic (exact) mass is 377 g/mol. The molecule has 2 heterocycles. The second-order valence-electron chi connectivity index (χ2n) is 6.78. The Hall–Kier alpha value is -3.48. The van der Waals surface area contributed by atoms with Gasteiger partial charge in [-0.25, -0.2) is 4.39 Å². The first-order chi connectivity index (χ1) is 13.6. The van der Waals surface area contributed by atoms with Crippen molar-refractivity contribution >= 4 is 22.5 Å². The predicted octanol–water partition coefficient (Wildman–Crippen LogP) is 3.76. The minimum atomic E-state index is -0.266. The smallest absolute Gasteiger partial charge is 0.226 e. The summed E-state index contributed by atoms with van der Waals surface area (Å²) in [5, 5.41) is 12.5. The highest BCUT2D eigenvalue weighted by atomic mass is 19.1. The van der Waals surface area contributed by atoms with E-state index in [9.17, 15) is 9.18 Å². The number of amides is 1. The number of rotatable bonds is 6. The van der Waals surface area contributed by atoms with Crippen molar-refractivity contribution in [2.45, 2.75) is 26.4 Å². The number of aromatic nitrogens is 4. The van der Waals surface area contributed by atoms with E-state index in [-0.39, 0.29) is 11.7 Å². The number of nitrogens with one attached hydrogen (secondary N) is 1. The molecule has 4 rings (SSSR count). The van der Waals surface area contributed by atoms with Gasteiger partial charge >= 0.3 is 0 Å². The maximum absolute atomic E-state index is 13.0. The number of fused-ring (bicyclic) bond motifs is 1. The second kappa shape index (κ2) is 7.64. The number of carbonyl (C=O) groups is 1. The highest BCUT2D eigenvalue weighted by Gasteiger charge is 2.08. The molecule has 0 atom stereocenters. The van der Waals surface area contributed by atoms with Crippen molar-refractivity contribution in [2.24, 2.45) is 0 Å². The number of hydrogen-bond acceptors (Lipinski definition) is 3. The SMILES string of the molecule is Cc1ccc2c(cnn2CCC(=O)Nc2cnn(Cc3ccc(F)cc3)c2)c1. The van der Waals surface area contributed by atoms with Gasteiger partial charge in [-0.3, -0.25) is 14.2 Å². The maximum atomic E-state index is 13.0. The zero-order valence-corrected chi connectivity index (χ0v) is 15.5. The fourth-order valence-electron chi connectivity index (χ4n) is 3.11. The molecule has 2 aromatic carbocycles. The van der Waals surface area contributed by atoms with Crippen LogP contribution in [0.15, 0.2) is 61.1 Å². The largest absolute Gasteiger partial charge is 0.323 e. The molecule has 142 valence electrons. The standard InChI is InChI=1S/C21H20FN5O/c1-15-2-7-20-17(10-15)11-24-27(20)9-8-21(28)25-19-12-23-26(14-19)13-16-3-5-18(22)6-4-16/h2-7,10-12,14H,8-9,13H2,1H3,(H,25,28). The van der Waals surface area contributed by atoms with Crippen LogP contribution in [0.4, 0.5) is 10.1 Å². The van der Waals surface area contributed by atoms with Gasteiger partial charge in [-0.15, -0.1) is 0 Å². The molecule has 1 N–H and O–H groups in total. The lowest BCUT2D eigenvalue weighted by Gasteiger charge is -2.05. The van der Waals surface area contributed by atoms with Crippen molar-refractivity contribution in [3.8, 4) is 0 Å². The summed E-state index contributed by atoms with van der Waals surface area (Å²) in [6.07, 6.45) is 5.49. The number of nitrogens with zero attached hydrogens (tertiary/aromatic N) is 4. The second-order valence-corrected chi connectivity index (χ2v) is 6.78. The van der Waals surface area contributed by atoms with Crippen molar-refractivity contribution in [1.29, 1.82) is 0 Å². The third-order valence-corrected chi connectivity index (χ3v) is 4.52. The first-order valence-electron chi connectivity index (χ1n) is 9.06. The summed E-state index contributed by atoms with van der Waals surface area (Å²) in [4.78, 5) is 12.3. The molecule has 2 aromatic heterocycles. The normalized spacial score (nSPS) is 11.1. The molecule has 0 spiro atoms. The molecule has 0 radical (unpaired) electrons. The molecule has 4 aromatic rings. The zero-order chi connectivity index (χ0) is 19.5. The van der Waals surface area contributed by atoms with Crippen LogP contribution in [0.2, 0.25) is 0 Å². The van der Waals surface area contributed by atoms with E-state index in [1.807, 2.05) is 29.9 Å². The Kier molecular flexibility index (Phi) is 4.89. The van der Waals surface area contributed by atoms with Crippen LogP contribution in [-0.4, -0.2) is 25.5 Å². The van der Waals surface area contributed by atoms with E-state index >= 15 is 0 Å². The third kappa shape index (κ3) is 4.09. The third-order valence-electron chi connectivity index (χ3n) is 4.52. The molecule has 0 bridgehead atoms. The van der Waals surface area contributed by atoms with E-state index in [4.69, 9.17) is 0 Å². The average Bonchev–Trinajstić information content (AvgIpc) is 3.28. The number of anilines is 1. The van der Waals surface area contributed by atoms with Crippen LogP contribution >= 0.6 is 0 Å². The van der Waals surface area contributed by atoms with Crippen LogP contribution in [0.1, 0.15) is 17.5 Å². The van der Waals surface area contributed by atoms with E-state index < -0.39 is 0 Å². The van der Waals surface area contributed by atoms with Crippen molar-refractivity contribution < 1.29 is 9.18 Å². The van der Waals surface area contributed by atoms with Crippen LogP contribution in [0.3, 0.4) is 0 Å². The van der Waals surface area contributed by atoms with Gasteiger partial charge in [0.05, 0.1) is 36.7 Å². The Bertz CT molecular complexity index is 1110. The average molecular weight is 377 g/mol. The molecule has 7 heteroatoms. The van der Waals surface area contributed by atoms with Gasteiger partial charge in [0.25, 0.3) is 0 Å². The molecule has 6 nitrogen and oxygen atoms in total. The number of hydrogen-bond donors (Lipinski definition) is 1. The van der Waals surface area contributed by atoms with Gasteiger partial charge in [0.2, 0.25) is 5.91 Å². The minimum absolute atomic E-state index is 0.0999. The summed E-state index contributed by atoms with van der Waals surface area (Å²) in [7, 11) is 0. The quantitative estimate of drug-likeness (QED) is 0.556. The summed E-state index contributed by atoms with van der Waals surface area (Å²) in [6.45, 7) is 3.05. The van der Waals surface area contributed by atoms with E-state index in [0.29, 0.717) is 25.2 Å². The van der Waals surface area contributed by atoms with Crippen molar-refractivity contribution in [1.82, 2.24) is 19.6 Å². The zero-order valence-electron chi connectivity index (χ0n) is 15.5. The highest BCUT2D eigenvalue weighted by molar-refractivity contribution is 5.90. The van der Waals surface area contributed by atoms with Crippen LogP contribution in [-0.2, 0) is 17.9 Å². The van der Waals surface area contributed by atoms with Gasteiger partial charge < -0.3 is 5.32 Å². The molecular formula is C21H20FN5O. The first-order valence-corrected chi connectivity index (χ1v) is 9.06. The molecule has 0 aliphatic rings. The number of carbonyl (C=O) groups excluding carboxylic acids is 1. The lowest BCUT2D eigenvalue weighted by atomic mass is 10.2. The topological polar surface area (TPSA) is 64.7 Å². The van der Waals surface area contributed by atoms with E-state index in [1.54, 1.807) is 29.2 Å². The van der Waals surface area contributed by atoms with Crippen molar-refractivity contribution in [3.05, 3.63) is 78.0 Å². The summed E-state index contributed by atoms with van der Waals surface area (Å²) in [6, 6.07) is 12.4. The Morgan fingerprint density at radius 1 is 1.11 bits per heavy atom. The Labute approximate surface area is 161 Å². The Balaban J connectivity index is 1.33. The lowest BCUT2D eigenvalue weighted by Crippen LogP contribution is -2.14. The van der Waals surface area contributed by atoms with Crippen molar-refractivity contribution in [2.75, 3.05) is 5.32 Å². The minimum Gasteiger partial charge on any atom is -0.323 e. The summed E-state index contributed by atoms with van der Waals surface area (Å²) in [5.41, 5.74) is 3.77. The molecule has 0 aliphatic heterocycles. The molecule has 1 amide bonds. The summed E-state index contributed by atoms with van der Waals surface area (Å²) >= 11 is 0. The highest BCUT2D eigenvalue weighted by Crippen LogP contribution is 2.16. The van der Waals surface area contributed by atoms with Crippen LogP contribution in [0.25, 0.3) is 10.9 Å². The van der Waals surface area contributed by atoms with Gasteiger partial charge in [-0.05, 0) is 36.8 Å². The lowest BCUT2D eigenvalue weighted by molar-refractivity contribution is -0.116. The summed E-state index contributed by atoms with van der Waals surface area (Å²) in [5.74, 6) is -0.366. The molecule has 0 fully saturated rings. The molecule has 0 saturated heterocycles. The van der Waals surface area contributed by atoms with E-state index in [0.717, 1.165) is 16.5 Å². The first kappa shape index (κ1) is 17.9. The number of benzene rings is 2. The Morgan fingerprint density at radius 2 is 1.93 bits per heavy atom. The number of aryl methyl sites for hydroxylation is 2. The molecule has 0 aliphatic carbocycles. The fourth-order valence-corrected chi connectivity index (χ4v) is 3.11.